The maximum atomic E-state index is 13.7. The van der Waals surface area contributed by atoms with Crippen molar-refractivity contribution in [2.24, 2.45) is 0 Å². The molecule has 0 saturated heterocycles. The van der Waals surface area contributed by atoms with Gasteiger partial charge >= 0.3 is 6.18 Å². The lowest BCUT2D eigenvalue weighted by molar-refractivity contribution is -0.137. The molecule has 0 spiro atoms. The number of rotatable bonds is 6. The minimum Gasteiger partial charge on any atom is -0.383 e. The van der Waals surface area contributed by atoms with Crippen molar-refractivity contribution in [1.82, 2.24) is 14.9 Å². The van der Waals surface area contributed by atoms with Crippen molar-refractivity contribution < 1.29 is 27.4 Å². The number of amides is 1. The largest absolute Gasteiger partial charge is 0.417 e. The molecule has 1 aliphatic heterocycles. The summed E-state index contributed by atoms with van der Waals surface area (Å²) in [6, 6.07) is 7.34. The van der Waals surface area contributed by atoms with E-state index in [4.69, 9.17) is 15.2 Å². The molecule has 7 nitrogen and oxygen atoms in total. The molecule has 0 bridgehead atoms. The number of nitrogen functional groups attached to an aromatic ring is 1. The van der Waals surface area contributed by atoms with Gasteiger partial charge < -0.3 is 20.1 Å². The Balaban J connectivity index is 1.47. The first kappa shape index (κ1) is 23.5. The zero-order chi connectivity index (χ0) is 24.9. The minimum atomic E-state index is -4.47. The number of pyridine rings is 2. The number of halogens is 3. The van der Waals surface area contributed by atoms with Crippen LogP contribution in [0.5, 0.6) is 0 Å². The number of fused-ring (bicyclic) bond motifs is 3. The van der Waals surface area contributed by atoms with Gasteiger partial charge in [0.1, 0.15) is 5.82 Å². The number of hydrogen-bond acceptors (Lipinski definition) is 6. The number of benzene rings is 1. The quantitative estimate of drug-likeness (QED) is 0.546. The third-order valence-corrected chi connectivity index (χ3v) is 6.52. The highest BCUT2D eigenvalue weighted by atomic mass is 19.4. The van der Waals surface area contributed by atoms with Crippen molar-refractivity contribution in [3.8, 4) is 0 Å². The van der Waals surface area contributed by atoms with Crippen molar-refractivity contribution in [2.45, 2.75) is 57.8 Å². The van der Waals surface area contributed by atoms with E-state index < -0.39 is 11.7 Å². The average Bonchev–Trinajstić information content (AvgIpc) is 3.47. The van der Waals surface area contributed by atoms with E-state index in [1.54, 1.807) is 23.1 Å². The first-order valence-corrected chi connectivity index (χ1v) is 11.5. The van der Waals surface area contributed by atoms with Crippen LogP contribution in [0.1, 0.15) is 59.1 Å². The van der Waals surface area contributed by atoms with Crippen LogP contribution in [-0.2, 0) is 28.8 Å². The van der Waals surface area contributed by atoms with Crippen molar-refractivity contribution in [2.75, 3.05) is 12.3 Å². The van der Waals surface area contributed by atoms with E-state index in [-0.39, 0.29) is 30.7 Å². The molecule has 1 aromatic carbocycles. The molecule has 2 N–H and O–H groups in total. The number of nitrogens with two attached hydrogens (primary N) is 1. The number of hydrogen-bond donors (Lipinski definition) is 1. The molecule has 3 aromatic rings. The van der Waals surface area contributed by atoms with Crippen LogP contribution in [-0.4, -0.2) is 39.5 Å². The molecular formula is C25H25F3N4O3. The Hall–Kier alpha value is -3.24. The number of anilines is 1. The van der Waals surface area contributed by atoms with Gasteiger partial charge in [0, 0.05) is 29.3 Å². The molecule has 3 atom stereocenters. The Kier molecular flexibility index (Phi) is 5.88. The van der Waals surface area contributed by atoms with Crippen LogP contribution in [0.4, 0.5) is 19.0 Å². The highest BCUT2D eigenvalue weighted by molar-refractivity contribution is 5.99. The van der Waals surface area contributed by atoms with Gasteiger partial charge in [0.05, 0.1) is 48.2 Å². The number of carbonyl (C=O) groups excluding carboxylic acids is 1. The predicted octanol–water partition coefficient (Wildman–Crippen LogP) is 4.64. The molecule has 184 valence electrons. The third kappa shape index (κ3) is 4.43. The molecule has 2 aromatic heterocycles. The van der Waals surface area contributed by atoms with Crippen molar-refractivity contribution in [1.29, 1.82) is 0 Å². The topological polar surface area (TPSA) is 90.6 Å². The summed E-state index contributed by atoms with van der Waals surface area (Å²) in [5, 5.41) is 0.800. The molecule has 5 rings (SSSR count). The summed E-state index contributed by atoms with van der Waals surface area (Å²) in [5.74, 6) is 0.169. The van der Waals surface area contributed by atoms with E-state index in [9.17, 15) is 18.0 Å². The molecule has 1 amide bonds. The fraction of sp³-hybridized carbons (Fsp3) is 0.400. The number of aromatic nitrogens is 2. The smallest absolute Gasteiger partial charge is 0.383 e. The second-order valence-electron chi connectivity index (χ2n) is 8.84. The third-order valence-electron chi connectivity index (χ3n) is 6.52. The zero-order valence-electron chi connectivity index (χ0n) is 19.3. The van der Waals surface area contributed by atoms with Gasteiger partial charge in [0.15, 0.2) is 0 Å². The molecule has 10 heteroatoms. The zero-order valence-corrected chi connectivity index (χ0v) is 19.3. The van der Waals surface area contributed by atoms with Gasteiger partial charge in [-0.05, 0) is 56.2 Å². The lowest BCUT2D eigenvalue weighted by Crippen LogP contribution is -2.35. The fourth-order valence-electron chi connectivity index (χ4n) is 4.65. The van der Waals surface area contributed by atoms with Gasteiger partial charge in [-0.15, -0.1) is 0 Å². The van der Waals surface area contributed by atoms with E-state index in [1.807, 2.05) is 13.8 Å². The fourth-order valence-corrected chi connectivity index (χ4v) is 4.65. The molecule has 2 aliphatic rings. The molecule has 1 aliphatic carbocycles. The van der Waals surface area contributed by atoms with Gasteiger partial charge in [0.25, 0.3) is 5.91 Å². The highest BCUT2D eigenvalue weighted by Crippen LogP contribution is 2.39. The van der Waals surface area contributed by atoms with Crippen molar-refractivity contribution in [3.05, 3.63) is 64.5 Å². The molecule has 0 radical (unpaired) electrons. The SMILES string of the molecule is CCO[C@H]1C[C@H]1N(Cc1ccc(C(F)(F)F)cn1)C(=O)c1ccc2nc(N)c3c(c2c1)CO[C@H]3C. The number of alkyl halides is 3. The van der Waals surface area contributed by atoms with Crippen LogP contribution in [0.15, 0.2) is 36.5 Å². The maximum absolute atomic E-state index is 13.7. The normalized spacial score (nSPS) is 21.2. The first-order chi connectivity index (χ1) is 16.7. The Morgan fingerprint density at radius 2 is 2.09 bits per heavy atom. The Labute approximate surface area is 200 Å². The monoisotopic (exact) mass is 486 g/mol. The lowest BCUT2D eigenvalue weighted by atomic mass is 10.00. The van der Waals surface area contributed by atoms with Crippen LogP contribution >= 0.6 is 0 Å². The standard InChI is InChI=1S/C25H25F3N4O3/c1-3-34-21-9-20(21)32(11-16-6-5-15(10-30-16)25(26,27)28)24(33)14-4-7-19-17(8-14)18-12-35-13(2)22(18)23(29)31-19/h4-8,10,13,20-21H,3,9,11-12H2,1-2H3,(H2,29,31)/t13-,20+,21-/m0/s1. The van der Waals surface area contributed by atoms with E-state index in [2.05, 4.69) is 9.97 Å². The number of ether oxygens (including phenoxy) is 2. The van der Waals surface area contributed by atoms with Gasteiger partial charge in [0.2, 0.25) is 0 Å². The summed E-state index contributed by atoms with van der Waals surface area (Å²) in [6.45, 7) is 4.75. The average molecular weight is 486 g/mol. The Morgan fingerprint density at radius 3 is 2.77 bits per heavy atom. The first-order valence-electron chi connectivity index (χ1n) is 11.5. The molecule has 1 saturated carbocycles. The number of carbonyl (C=O) groups is 1. The minimum absolute atomic E-state index is 0.0709. The molecule has 35 heavy (non-hydrogen) atoms. The highest BCUT2D eigenvalue weighted by Gasteiger charge is 2.45. The van der Waals surface area contributed by atoms with Crippen molar-refractivity contribution in [3.63, 3.8) is 0 Å². The molecular weight excluding hydrogens is 461 g/mol. The second-order valence-corrected chi connectivity index (χ2v) is 8.84. The summed E-state index contributed by atoms with van der Waals surface area (Å²) in [6.07, 6.45) is -3.31. The molecule has 3 heterocycles. The maximum Gasteiger partial charge on any atom is 0.417 e. The van der Waals surface area contributed by atoms with Crippen LogP contribution in [0.25, 0.3) is 10.9 Å². The van der Waals surface area contributed by atoms with Gasteiger partial charge in [-0.3, -0.25) is 9.78 Å². The van der Waals surface area contributed by atoms with Crippen molar-refractivity contribution >= 4 is 22.6 Å². The van der Waals surface area contributed by atoms with Crippen LogP contribution < -0.4 is 5.73 Å². The van der Waals surface area contributed by atoms with Gasteiger partial charge in [-0.2, -0.15) is 13.2 Å². The van der Waals surface area contributed by atoms with Crippen LogP contribution in [0, 0.1) is 0 Å². The summed E-state index contributed by atoms with van der Waals surface area (Å²) >= 11 is 0. The van der Waals surface area contributed by atoms with E-state index in [0.717, 1.165) is 28.8 Å². The summed E-state index contributed by atoms with van der Waals surface area (Å²) < 4.78 is 50.2. The molecule has 0 unspecified atom stereocenters. The second kappa shape index (κ2) is 8.76. The van der Waals surface area contributed by atoms with E-state index in [0.29, 0.717) is 42.2 Å². The lowest BCUT2D eigenvalue weighted by Gasteiger charge is -2.23. The Morgan fingerprint density at radius 1 is 1.29 bits per heavy atom. The number of nitrogens with zero attached hydrogens (tertiary/aromatic N) is 3. The van der Waals surface area contributed by atoms with Crippen LogP contribution in [0.3, 0.4) is 0 Å². The summed E-state index contributed by atoms with van der Waals surface area (Å²) in [7, 11) is 0. The predicted molar refractivity (Wildman–Crippen MR) is 122 cm³/mol. The van der Waals surface area contributed by atoms with Crippen LogP contribution in [0.2, 0.25) is 0 Å². The van der Waals surface area contributed by atoms with E-state index >= 15 is 0 Å². The van der Waals surface area contributed by atoms with E-state index in [1.165, 1.54) is 6.07 Å². The van der Waals surface area contributed by atoms with Gasteiger partial charge in [-0.1, -0.05) is 0 Å². The summed E-state index contributed by atoms with van der Waals surface area (Å²) in [5.41, 5.74) is 8.55. The molecule has 1 fully saturated rings. The Bertz CT molecular complexity index is 1280. The van der Waals surface area contributed by atoms with Gasteiger partial charge in [-0.25, -0.2) is 4.98 Å². The summed E-state index contributed by atoms with van der Waals surface area (Å²) in [4.78, 5) is 23.7.